The Labute approximate surface area is 125 Å². The zero-order valence-corrected chi connectivity index (χ0v) is 12.1. The summed E-state index contributed by atoms with van der Waals surface area (Å²) < 4.78 is 5.77. The molecule has 0 heterocycles. The number of nitrogens with zero attached hydrogens (tertiary/aromatic N) is 1. The zero-order chi connectivity index (χ0) is 14.4. The van der Waals surface area contributed by atoms with E-state index in [9.17, 15) is 4.79 Å². The Balaban J connectivity index is 1.93. The standard InChI is InChI=1S/C15H11BrN2O2/c16-14-7-6-13(8-12(14)9-17)18-15(19)20-10-11-4-2-1-3-5-11/h1-8H,10H2,(H,18,19). The molecule has 2 aromatic rings. The second-order valence-corrected chi connectivity index (χ2v) is 4.85. The van der Waals surface area contributed by atoms with E-state index >= 15 is 0 Å². The Bertz CT molecular complexity index is 651. The first-order chi connectivity index (χ1) is 9.69. The molecule has 0 saturated heterocycles. The third kappa shape index (κ3) is 3.84. The molecule has 1 N–H and O–H groups in total. The number of rotatable bonds is 3. The minimum atomic E-state index is -0.555. The number of nitriles is 1. The normalized spacial score (nSPS) is 9.60. The molecule has 0 aliphatic carbocycles. The van der Waals surface area contributed by atoms with Crippen LogP contribution in [0.5, 0.6) is 0 Å². The highest BCUT2D eigenvalue weighted by atomic mass is 79.9. The Morgan fingerprint density at radius 3 is 2.70 bits per heavy atom. The van der Waals surface area contributed by atoms with E-state index in [-0.39, 0.29) is 6.61 Å². The summed E-state index contributed by atoms with van der Waals surface area (Å²) in [6.45, 7) is 0.203. The molecule has 20 heavy (non-hydrogen) atoms. The molecular weight excluding hydrogens is 320 g/mol. The van der Waals surface area contributed by atoms with E-state index < -0.39 is 6.09 Å². The highest BCUT2D eigenvalue weighted by Crippen LogP contribution is 2.20. The van der Waals surface area contributed by atoms with Gasteiger partial charge in [-0.25, -0.2) is 4.79 Å². The molecule has 0 aliphatic rings. The summed E-state index contributed by atoms with van der Waals surface area (Å²) in [4.78, 5) is 11.6. The lowest BCUT2D eigenvalue weighted by Crippen LogP contribution is -2.13. The average Bonchev–Trinajstić information content (AvgIpc) is 2.48. The molecule has 100 valence electrons. The summed E-state index contributed by atoms with van der Waals surface area (Å²) in [5.74, 6) is 0. The molecule has 2 aromatic carbocycles. The molecule has 0 bridgehead atoms. The van der Waals surface area contributed by atoms with E-state index in [4.69, 9.17) is 10.00 Å². The fourth-order valence-corrected chi connectivity index (χ4v) is 1.90. The van der Waals surface area contributed by atoms with Gasteiger partial charge >= 0.3 is 6.09 Å². The smallest absolute Gasteiger partial charge is 0.411 e. The SMILES string of the molecule is N#Cc1cc(NC(=O)OCc2ccccc2)ccc1Br. The first-order valence-corrected chi connectivity index (χ1v) is 6.65. The fourth-order valence-electron chi connectivity index (χ4n) is 1.57. The van der Waals surface area contributed by atoms with Crippen LogP contribution in [0.4, 0.5) is 10.5 Å². The second kappa shape index (κ2) is 6.73. The molecule has 0 saturated carbocycles. The van der Waals surface area contributed by atoms with Gasteiger partial charge in [-0.15, -0.1) is 0 Å². The van der Waals surface area contributed by atoms with Crippen molar-refractivity contribution in [3.05, 3.63) is 64.1 Å². The summed E-state index contributed by atoms with van der Waals surface area (Å²) in [6, 6.07) is 16.4. The first kappa shape index (κ1) is 14.1. The molecule has 4 nitrogen and oxygen atoms in total. The lowest BCUT2D eigenvalue weighted by molar-refractivity contribution is 0.155. The molecule has 0 aliphatic heterocycles. The van der Waals surface area contributed by atoms with Gasteiger partial charge in [0.15, 0.2) is 0 Å². The predicted octanol–water partition coefficient (Wildman–Crippen LogP) is 4.07. The lowest BCUT2D eigenvalue weighted by Gasteiger charge is -2.07. The van der Waals surface area contributed by atoms with Crippen molar-refractivity contribution in [1.29, 1.82) is 5.26 Å². The number of nitrogens with one attached hydrogen (secondary N) is 1. The van der Waals surface area contributed by atoms with E-state index in [1.807, 2.05) is 36.4 Å². The minimum absolute atomic E-state index is 0.203. The van der Waals surface area contributed by atoms with E-state index in [2.05, 4.69) is 21.2 Å². The van der Waals surface area contributed by atoms with Crippen LogP contribution in [0, 0.1) is 11.3 Å². The summed E-state index contributed by atoms with van der Waals surface area (Å²) >= 11 is 3.25. The van der Waals surface area contributed by atoms with Crippen molar-refractivity contribution in [2.45, 2.75) is 6.61 Å². The van der Waals surface area contributed by atoms with Crippen LogP contribution in [0.3, 0.4) is 0 Å². The van der Waals surface area contributed by atoms with Crippen molar-refractivity contribution in [1.82, 2.24) is 0 Å². The molecule has 0 unspecified atom stereocenters. The van der Waals surface area contributed by atoms with Crippen LogP contribution >= 0.6 is 15.9 Å². The van der Waals surface area contributed by atoms with Gasteiger partial charge < -0.3 is 4.74 Å². The average molecular weight is 331 g/mol. The van der Waals surface area contributed by atoms with Gasteiger partial charge in [-0.05, 0) is 39.7 Å². The van der Waals surface area contributed by atoms with Crippen molar-refractivity contribution in [2.75, 3.05) is 5.32 Å². The van der Waals surface area contributed by atoms with Crippen LogP contribution in [-0.4, -0.2) is 6.09 Å². The Kier molecular flexibility index (Phi) is 4.75. The molecule has 0 spiro atoms. The van der Waals surface area contributed by atoms with Crippen LogP contribution in [0.1, 0.15) is 11.1 Å². The quantitative estimate of drug-likeness (QED) is 0.922. The summed E-state index contributed by atoms with van der Waals surface area (Å²) in [5.41, 5.74) is 1.88. The molecule has 0 aromatic heterocycles. The number of carbonyl (C=O) groups is 1. The van der Waals surface area contributed by atoms with Crippen LogP contribution in [-0.2, 0) is 11.3 Å². The van der Waals surface area contributed by atoms with Gasteiger partial charge in [0.2, 0.25) is 0 Å². The van der Waals surface area contributed by atoms with E-state index in [1.165, 1.54) is 0 Å². The van der Waals surface area contributed by atoms with E-state index in [0.29, 0.717) is 15.7 Å². The number of carbonyl (C=O) groups excluding carboxylic acids is 1. The maximum atomic E-state index is 11.6. The predicted molar refractivity (Wildman–Crippen MR) is 79.1 cm³/mol. The zero-order valence-electron chi connectivity index (χ0n) is 10.5. The Morgan fingerprint density at radius 2 is 2.00 bits per heavy atom. The highest BCUT2D eigenvalue weighted by molar-refractivity contribution is 9.10. The summed E-state index contributed by atoms with van der Waals surface area (Å²) in [5, 5.41) is 11.5. The van der Waals surface area contributed by atoms with E-state index in [1.54, 1.807) is 18.2 Å². The largest absolute Gasteiger partial charge is 0.444 e. The third-order valence-electron chi connectivity index (χ3n) is 2.55. The van der Waals surface area contributed by atoms with Crippen molar-refractivity contribution >= 4 is 27.7 Å². The van der Waals surface area contributed by atoms with E-state index in [0.717, 1.165) is 5.56 Å². The second-order valence-electron chi connectivity index (χ2n) is 3.99. The molecule has 0 atom stereocenters. The Hall–Kier alpha value is -2.32. The number of halogens is 1. The number of hydrogen-bond acceptors (Lipinski definition) is 3. The van der Waals surface area contributed by atoms with Gasteiger partial charge in [-0.1, -0.05) is 30.3 Å². The number of anilines is 1. The van der Waals surface area contributed by atoms with Gasteiger partial charge in [-0.3, -0.25) is 5.32 Å². The fraction of sp³-hybridized carbons (Fsp3) is 0.0667. The summed E-state index contributed by atoms with van der Waals surface area (Å²) in [7, 11) is 0. The lowest BCUT2D eigenvalue weighted by atomic mass is 10.2. The van der Waals surface area contributed by atoms with Crippen molar-refractivity contribution in [2.24, 2.45) is 0 Å². The van der Waals surface area contributed by atoms with Crippen molar-refractivity contribution in [3.8, 4) is 6.07 Å². The Morgan fingerprint density at radius 1 is 1.25 bits per heavy atom. The first-order valence-electron chi connectivity index (χ1n) is 5.86. The van der Waals surface area contributed by atoms with Gasteiger partial charge in [-0.2, -0.15) is 5.26 Å². The van der Waals surface area contributed by atoms with Crippen LogP contribution in [0.2, 0.25) is 0 Å². The molecule has 5 heteroatoms. The molecule has 2 rings (SSSR count). The van der Waals surface area contributed by atoms with Crippen molar-refractivity contribution < 1.29 is 9.53 Å². The van der Waals surface area contributed by atoms with Gasteiger partial charge in [0.25, 0.3) is 0 Å². The van der Waals surface area contributed by atoms with Gasteiger partial charge in [0.05, 0.1) is 5.56 Å². The van der Waals surface area contributed by atoms with Crippen LogP contribution in [0.15, 0.2) is 53.0 Å². The van der Waals surface area contributed by atoms with Gasteiger partial charge in [0.1, 0.15) is 12.7 Å². The number of amides is 1. The maximum absolute atomic E-state index is 11.6. The molecule has 1 amide bonds. The number of ether oxygens (including phenoxy) is 1. The summed E-state index contributed by atoms with van der Waals surface area (Å²) in [6.07, 6.45) is -0.555. The molecule has 0 fully saturated rings. The molecular formula is C15H11BrN2O2. The topological polar surface area (TPSA) is 62.1 Å². The van der Waals surface area contributed by atoms with Crippen molar-refractivity contribution in [3.63, 3.8) is 0 Å². The maximum Gasteiger partial charge on any atom is 0.411 e. The third-order valence-corrected chi connectivity index (χ3v) is 3.24. The van der Waals surface area contributed by atoms with Gasteiger partial charge in [0, 0.05) is 10.2 Å². The number of hydrogen-bond donors (Lipinski definition) is 1. The van der Waals surface area contributed by atoms with Crippen LogP contribution < -0.4 is 5.32 Å². The monoisotopic (exact) mass is 330 g/mol. The van der Waals surface area contributed by atoms with Crippen LogP contribution in [0.25, 0.3) is 0 Å². The molecule has 0 radical (unpaired) electrons. The number of benzene rings is 2. The highest BCUT2D eigenvalue weighted by Gasteiger charge is 2.06. The minimum Gasteiger partial charge on any atom is -0.444 e.